The summed E-state index contributed by atoms with van der Waals surface area (Å²) < 4.78 is 5.42. The van der Waals surface area contributed by atoms with Gasteiger partial charge in [0.2, 0.25) is 0 Å². The average Bonchev–Trinajstić information content (AvgIpc) is 2.98. The number of halogens is 1. The van der Waals surface area contributed by atoms with E-state index in [0.717, 1.165) is 50.8 Å². The van der Waals surface area contributed by atoms with Gasteiger partial charge in [0, 0.05) is 44.3 Å². The maximum absolute atomic E-state index is 5.89. The highest BCUT2D eigenvalue weighted by Gasteiger charge is 2.29. The summed E-state index contributed by atoms with van der Waals surface area (Å²) in [6, 6.07) is 4.73. The molecule has 0 aliphatic carbocycles. The van der Waals surface area contributed by atoms with Crippen molar-refractivity contribution in [2.24, 2.45) is 0 Å². The number of hydrogen-bond acceptors (Lipinski definition) is 4. The van der Waals surface area contributed by atoms with E-state index in [1.54, 1.807) is 0 Å². The van der Waals surface area contributed by atoms with Crippen LogP contribution in [-0.4, -0.2) is 55.3 Å². The SMILES string of the molecule is ClCc1ccnc(N2CCC(N3CCOCC3)C2)c1. The Balaban J connectivity index is 1.64. The van der Waals surface area contributed by atoms with E-state index in [1.807, 2.05) is 12.3 Å². The summed E-state index contributed by atoms with van der Waals surface area (Å²) in [5.41, 5.74) is 1.14. The van der Waals surface area contributed by atoms with Crippen molar-refractivity contribution in [3.63, 3.8) is 0 Å². The van der Waals surface area contributed by atoms with Crippen LogP contribution in [0, 0.1) is 0 Å². The molecule has 0 aromatic carbocycles. The van der Waals surface area contributed by atoms with Gasteiger partial charge >= 0.3 is 0 Å². The molecule has 1 atom stereocenters. The van der Waals surface area contributed by atoms with E-state index in [9.17, 15) is 0 Å². The average molecular weight is 282 g/mol. The van der Waals surface area contributed by atoms with Gasteiger partial charge in [-0.1, -0.05) is 0 Å². The summed E-state index contributed by atoms with van der Waals surface area (Å²) in [4.78, 5) is 9.39. The highest BCUT2D eigenvalue weighted by molar-refractivity contribution is 6.17. The number of morpholine rings is 1. The lowest BCUT2D eigenvalue weighted by Crippen LogP contribution is -2.44. The molecule has 5 heteroatoms. The number of ether oxygens (including phenoxy) is 1. The largest absolute Gasteiger partial charge is 0.379 e. The highest BCUT2D eigenvalue weighted by Crippen LogP contribution is 2.23. The third-order valence-corrected chi connectivity index (χ3v) is 4.32. The summed E-state index contributed by atoms with van der Waals surface area (Å²) >= 11 is 5.89. The molecule has 1 aromatic heterocycles. The Morgan fingerprint density at radius 2 is 2.16 bits per heavy atom. The number of pyridine rings is 1. The molecule has 2 fully saturated rings. The first-order valence-corrected chi connectivity index (χ1v) is 7.48. The molecule has 4 nitrogen and oxygen atoms in total. The summed E-state index contributed by atoms with van der Waals surface area (Å²) in [5.74, 6) is 1.62. The van der Waals surface area contributed by atoms with Crippen LogP contribution in [0.3, 0.4) is 0 Å². The van der Waals surface area contributed by atoms with E-state index in [0.29, 0.717) is 11.9 Å². The van der Waals surface area contributed by atoms with Crippen LogP contribution in [0.25, 0.3) is 0 Å². The van der Waals surface area contributed by atoms with Crippen molar-refractivity contribution in [1.82, 2.24) is 9.88 Å². The number of nitrogens with zero attached hydrogens (tertiary/aromatic N) is 3. The first-order valence-electron chi connectivity index (χ1n) is 6.94. The maximum atomic E-state index is 5.89. The van der Waals surface area contributed by atoms with Gasteiger partial charge in [0.15, 0.2) is 0 Å². The molecule has 0 saturated carbocycles. The molecule has 19 heavy (non-hydrogen) atoms. The van der Waals surface area contributed by atoms with Crippen LogP contribution in [0.15, 0.2) is 18.3 Å². The van der Waals surface area contributed by atoms with Crippen molar-refractivity contribution in [3.8, 4) is 0 Å². The second-order valence-electron chi connectivity index (χ2n) is 5.19. The van der Waals surface area contributed by atoms with E-state index in [-0.39, 0.29) is 0 Å². The Morgan fingerprint density at radius 3 is 2.95 bits per heavy atom. The molecule has 2 aliphatic rings. The topological polar surface area (TPSA) is 28.6 Å². The van der Waals surface area contributed by atoms with Gasteiger partial charge in [0.25, 0.3) is 0 Å². The fraction of sp³-hybridized carbons (Fsp3) is 0.643. The van der Waals surface area contributed by atoms with Crippen molar-refractivity contribution >= 4 is 17.4 Å². The molecule has 0 radical (unpaired) electrons. The summed E-state index contributed by atoms with van der Waals surface area (Å²) in [6.07, 6.45) is 3.07. The minimum Gasteiger partial charge on any atom is -0.379 e. The number of rotatable bonds is 3. The third kappa shape index (κ3) is 3.02. The predicted molar refractivity (Wildman–Crippen MR) is 76.8 cm³/mol. The number of anilines is 1. The molecular formula is C14H20ClN3O. The van der Waals surface area contributed by atoms with E-state index < -0.39 is 0 Å². The van der Waals surface area contributed by atoms with Gasteiger partial charge < -0.3 is 9.64 Å². The molecule has 0 spiro atoms. The van der Waals surface area contributed by atoms with Gasteiger partial charge in [0.05, 0.1) is 13.2 Å². The van der Waals surface area contributed by atoms with Crippen molar-refractivity contribution in [1.29, 1.82) is 0 Å². The van der Waals surface area contributed by atoms with Gasteiger partial charge in [0.1, 0.15) is 5.82 Å². The lowest BCUT2D eigenvalue weighted by Gasteiger charge is -2.32. The smallest absolute Gasteiger partial charge is 0.128 e. The Bertz CT molecular complexity index is 423. The zero-order valence-electron chi connectivity index (χ0n) is 11.1. The van der Waals surface area contributed by atoms with Crippen LogP contribution in [0.4, 0.5) is 5.82 Å². The minimum atomic E-state index is 0.552. The first-order chi connectivity index (χ1) is 9.36. The van der Waals surface area contributed by atoms with Crippen LogP contribution in [0.1, 0.15) is 12.0 Å². The van der Waals surface area contributed by atoms with Gasteiger partial charge in [-0.25, -0.2) is 4.98 Å². The van der Waals surface area contributed by atoms with Gasteiger partial charge in [-0.2, -0.15) is 0 Å². The van der Waals surface area contributed by atoms with Gasteiger partial charge in [-0.15, -0.1) is 11.6 Å². The molecule has 2 saturated heterocycles. The van der Waals surface area contributed by atoms with Crippen molar-refractivity contribution in [2.75, 3.05) is 44.3 Å². The van der Waals surface area contributed by atoms with E-state index >= 15 is 0 Å². The lowest BCUT2D eigenvalue weighted by molar-refractivity contribution is 0.0209. The summed E-state index contributed by atoms with van der Waals surface area (Å²) in [5, 5.41) is 0. The Labute approximate surface area is 119 Å². The highest BCUT2D eigenvalue weighted by atomic mass is 35.5. The number of hydrogen-bond donors (Lipinski definition) is 0. The fourth-order valence-corrected chi connectivity index (χ4v) is 3.07. The van der Waals surface area contributed by atoms with Crippen LogP contribution in [0.2, 0.25) is 0 Å². The third-order valence-electron chi connectivity index (χ3n) is 4.01. The molecule has 3 rings (SSSR count). The summed E-state index contributed by atoms with van der Waals surface area (Å²) in [7, 11) is 0. The van der Waals surface area contributed by atoms with E-state index in [1.165, 1.54) is 6.42 Å². The number of alkyl halides is 1. The van der Waals surface area contributed by atoms with Crippen LogP contribution in [0.5, 0.6) is 0 Å². The molecule has 1 aromatic rings. The normalized spacial score (nSPS) is 24.9. The zero-order chi connectivity index (χ0) is 13.1. The second-order valence-corrected chi connectivity index (χ2v) is 5.46. The maximum Gasteiger partial charge on any atom is 0.128 e. The fourth-order valence-electron chi connectivity index (χ4n) is 2.91. The second kappa shape index (κ2) is 6.07. The first kappa shape index (κ1) is 13.2. The number of aromatic nitrogens is 1. The molecule has 0 amide bonds. The lowest BCUT2D eigenvalue weighted by atomic mass is 10.2. The van der Waals surface area contributed by atoms with Gasteiger partial charge in [-0.3, -0.25) is 4.90 Å². The molecule has 104 valence electrons. The van der Waals surface area contributed by atoms with Crippen molar-refractivity contribution in [2.45, 2.75) is 18.3 Å². The zero-order valence-corrected chi connectivity index (χ0v) is 11.9. The Morgan fingerprint density at radius 1 is 1.32 bits per heavy atom. The van der Waals surface area contributed by atoms with Crippen LogP contribution >= 0.6 is 11.6 Å². The molecule has 1 unspecified atom stereocenters. The summed E-state index contributed by atoms with van der Waals surface area (Å²) in [6.45, 7) is 6.02. The Hall–Kier alpha value is -0.840. The van der Waals surface area contributed by atoms with E-state index in [2.05, 4.69) is 20.9 Å². The molecule has 0 bridgehead atoms. The molecular weight excluding hydrogens is 262 g/mol. The Kier molecular flexibility index (Phi) is 4.21. The quantitative estimate of drug-likeness (QED) is 0.789. The predicted octanol–water partition coefficient (Wildman–Crippen LogP) is 1.73. The molecule has 3 heterocycles. The van der Waals surface area contributed by atoms with Crippen LogP contribution in [-0.2, 0) is 10.6 Å². The monoisotopic (exact) mass is 281 g/mol. The van der Waals surface area contributed by atoms with Gasteiger partial charge in [-0.05, 0) is 24.1 Å². The van der Waals surface area contributed by atoms with E-state index in [4.69, 9.17) is 16.3 Å². The molecule has 2 aliphatic heterocycles. The minimum absolute atomic E-state index is 0.552. The van der Waals surface area contributed by atoms with Crippen molar-refractivity contribution < 1.29 is 4.74 Å². The van der Waals surface area contributed by atoms with Crippen LogP contribution < -0.4 is 4.90 Å². The molecule has 0 N–H and O–H groups in total. The standard InChI is InChI=1S/C14H20ClN3O/c15-10-12-1-3-16-14(9-12)18-4-2-13(11-18)17-5-7-19-8-6-17/h1,3,9,13H,2,4-8,10-11H2. The van der Waals surface area contributed by atoms with Crippen molar-refractivity contribution in [3.05, 3.63) is 23.9 Å².